The highest BCUT2D eigenvalue weighted by atomic mass is 32.2. The van der Waals surface area contributed by atoms with Crippen LogP contribution in [0.5, 0.6) is 0 Å². The van der Waals surface area contributed by atoms with Crippen molar-refractivity contribution in [3.05, 3.63) is 11.8 Å². The molecule has 0 aliphatic carbocycles. The Kier molecular flexibility index (Phi) is 7.00. The van der Waals surface area contributed by atoms with Crippen LogP contribution in [0.2, 0.25) is 0 Å². The number of rotatable bonds is 7. The molecule has 0 radical (unpaired) electrons. The molecule has 3 N–H and O–H groups in total. The minimum atomic E-state index is -3.19. The molecular weight excluding hydrogens is 454 g/mol. The fraction of sp³-hybridized carbons (Fsp3) is 0.826. The molecule has 190 valence electrons. The average molecular weight is 494 g/mol. The molecule has 5 heterocycles. The summed E-state index contributed by atoms with van der Waals surface area (Å²) in [6.45, 7) is 4.66. The number of hydrogen-bond acceptors (Lipinski definition) is 9. The third kappa shape index (κ3) is 4.90. The molecule has 2 bridgehead atoms. The third-order valence-electron chi connectivity index (χ3n) is 7.84. The van der Waals surface area contributed by atoms with Crippen LogP contribution in [0.15, 0.2) is 6.07 Å². The van der Waals surface area contributed by atoms with Gasteiger partial charge in [-0.15, -0.1) is 0 Å². The molecule has 34 heavy (non-hydrogen) atoms. The molecule has 11 heteroatoms. The second-order valence-electron chi connectivity index (χ2n) is 10.3. The van der Waals surface area contributed by atoms with Crippen molar-refractivity contribution < 1.29 is 13.2 Å². The second kappa shape index (κ2) is 9.85. The molecule has 10 nitrogen and oxygen atoms in total. The molecular formula is C23H39N7O3S. The van der Waals surface area contributed by atoms with E-state index >= 15 is 0 Å². The lowest BCUT2D eigenvalue weighted by atomic mass is 9.83. The van der Waals surface area contributed by atoms with Gasteiger partial charge in [0.1, 0.15) is 5.82 Å². The lowest BCUT2D eigenvalue weighted by Gasteiger charge is -2.49. The van der Waals surface area contributed by atoms with Crippen LogP contribution in [0.1, 0.15) is 77.0 Å². The summed E-state index contributed by atoms with van der Waals surface area (Å²) >= 11 is 0. The van der Waals surface area contributed by atoms with Crippen molar-refractivity contribution in [2.75, 3.05) is 29.6 Å². The quantitative estimate of drug-likeness (QED) is 0.526. The molecule has 4 saturated heterocycles. The summed E-state index contributed by atoms with van der Waals surface area (Å²) < 4.78 is 33.4. The molecule has 4 fully saturated rings. The summed E-state index contributed by atoms with van der Waals surface area (Å²) in [6, 6.07) is 2.75. The highest BCUT2D eigenvalue weighted by Crippen LogP contribution is 2.39. The van der Waals surface area contributed by atoms with Gasteiger partial charge in [0.2, 0.25) is 16.0 Å². The molecule has 3 unspecified atom stereocenters. The molecule has 1 aromatic rings. The van der Waals surface area contributed by atoms with Crippen molar-refractivity contribution in [2.24, 2.45) is 0 Å². The maximum absolute atomic E-state index is 12.8. The number of nitrogens with zero attached hydrogens (tertiary/aromatic N) is 4. The van der Waals surface area contributed by atoms with E-state index in [9.17, 15) is 8.42 Å². The summed E-state index contributed by atoms with van der Waals surface area (Å²) in [5.74, 6) is 1.65. The highest BCUT2D eigenvalue weighted by molar-refractivity contribution is 7.89. The minimum absolute atomic E-state index is 0.000195. The van der Waals surface area contributed by atoms with Gasteiger partial charge in [-0.3, -0.25) is 5.43 Å². The largest absolute Gasteiger partial charge is 0.372 e. The predicted molar refractivity (Wildman–Crippen MR) is 132 cm³/mol. The molecule has 1 aromatic heterocycles. The van der Waals surface area contributed by atoms with E-state index in [-0.39, 0.29) is 36.1 Å². The molecule has 4 aliphatic rings. The van der Waals surface area contributed by atoms with Gasteiger partial charge in [0, 0.05) is 43.9 Å². The van der Waals surface area contributed by atoms with Gasteiger partial charge in [-0.25, -0.2) is 18.8 Å². The number of aromatic nitrogens is 2. The van der Waals surface area contributed by atoms with E-state index in [0.717, 1.165) is 69.5 Å². The number of nitrogens with one attached hydrogen (secondary N) is 3. The van der Waals surface area contributed by atoms with Crippen molar-refractivity contribution in [3.8, 4) is 0 Å². The monoisotopic (exact) mass is 493 g/mol. The fourth-order valence-corrected chi connectivity index (χ4v) is 7.63. The lowest BCUT2D eigenvalue weighted by Crippen LogP contribution is -2.58. The average Bonchev–Trinajstić information content (AvgIpc) is 3.49. The number of sulfonamides is 1. The SMILES string of the molecule is CCS(=O)(=O)N1[C@@H]2CCC[C@H]1CC(N(C)c1nc(NC3CC(C)NN3)cc([C@@H]3CCCO3)n1)C2. The van der Waals surface area contributed by atoms with Crippen LogP contribution < -0.4 is 21.1 Å². The van der Waals surface area contributed by atoms with Gasteiger partial charge < -0.3 is 15.0 Å². The first-order chi connectivity index (χ1) is 16.3. The second-order valence-corrected chi connectivity index (χ2v) is 12.5. The lowest BCUT2D eigenvalue weighted by molar-refractivity contribution is 0.107. The topological polar surface area (TPSA) is 112 Å². The van der Waals surface area contributed by atoms with Crippen molar-refractivity contribution in [1.29, 1.82) is 0 Å². The van der Waals surface area contributed by atoms with E-state index in [4.69, 9.17) is 14.7 Å². The van der Waals surface area contributed by atoms with E-state index in [1.165, 1.54) is 0 Å². The number of piperidine rings is 2. The summed E-state index contributed by atoms with van der Waals surface area (Å²) in [4.78, 5) is 12.0. The zero-order valence-electron chi connectivity index (χ0n) is 20.5. The number of hydrazine groups is 1. The summed E-state index contributed by atoms with van der Waals surface area (Å²) in [7, 11) is -1.14. The van der Waals surface area contributed by atoms with E-state index in [1.54, 1.807) is 6.92 Å². The van der Waals surface area contributed by atoms with Gasteiger partial charge in [-0.1, -0.05) is 6.42 Å². The van der Waals surface area contributed by atoms with Crippen molar-refractivity contribution in [1.82, 2.24) is 25.1 Å². The minimum Gasteiger partial charge on any atom is -0.372 e. The first-order valence-electron chi connectivity index (χ1n) is 12.9. The zero-order chi connectivity index (χ0) is 23.9. The molecule has 0 spiro atoms. The highest BCUT2D eigenvalue weighted by Gasteiger charge is 2.45. The van der Waals surface area contributed by atoms with Crippen LogP contribution in [-0.2, 0) is 14.8 Å². The molecule has 5 rings (SSSR count). The number of ether oxygens (including phenoxy) is 1. The van der Waals surface area contributed by atoms with E-state index < -0.39 is 10.0 Å². The van der Waals surface area contributed by atoms with Gasteiger partial charge in [-0.05, 0) is 58.8 Å². The van der Waals surface area contributed by atoms with Crippen LogP contribution in [-0.4, -0.2) is 72.4 Å². The fourth-order valence-electron chi connectivity index (χ4n) is 6.04. The van der Waals surface area contributed by atoms with E-state index in [0.29, 0.717) is 12.0 Å². The first-order valence-corrected chi connectivity index (χ1v) is 14.5. The van der Waals surface area contributed by atoms with Crippen molar-refractivity contribution in [2.45, 2.75) is 102 Å². The maximum atomic E-state index is 12.8. The Balaban J connectivity index is 1.38. The van der Waals surface area contributed by atoms with Crippen LogP contribution in [0, 0.1) is 0 Å². The molecule has 0 saturated carbocycles. The van der Waals surface area contributed by atoms with Crippen molar-refractivity contribution in [3.63, 3.8) is 0 Å². The van der Waals surface area contributed by atoms with Crippen LogP contribution in [0.25, 0.3) is 0 Å². The summed E-state index contributed by atoms with van der Waals surface area (Å²) in [6.07, 6.45) is 7.66. The van der Waals surface area contributed by atoms with Gasteiger partial charge in [0.05, 0.1) is 23.7 Å². The summed E-state index contributed by atoms with van der Waals surface area (Å²) in [5.41, 5.74) is 7.44. The van der Waals surface area contributed by atoms with Gasteiger partial charge in [0.15, 0.2) is 0 Å². The Morgan fingerprint density at radius 1 is 1.15 bits per heavy atom. The molecule has 0 aromatic carbocycles. The van der Waals surface area contributed by atoms with Gasteiger partial charge >= 0.3 is 0 Å². The summed E-state index contributed by atoms with van der Waals surface area (Å²) in [5, 5.41) is 3.51. The van der Waals surface area contributed by atoms with E-state index in [1.807, 2.05) is 10.4 Å². The normalized spacial score (nSPS) is 34.3. The predicted octanol–water partition coefficient (Wildman–Crippen LogP) is 2.12. The van der Waals surface area contributed by atoms with Gasteiger partial charge in [0.25, 0.3) is 0 Å². The zero-order valence-corrected chi connectivity index (χ0v) is 21.4. The number of anilines is 2. The van der Waals surface area contributed by atoms with Gasteiger partial charge in [-0.2, -0.15) is 9.29 Å². The first kappa shape index (κ1) is 24.2. The molecule has 0 amide bonds. The Bertz CT molecular complexity index is 957. The van der Waals surface area contributed by atoms with Crippen LogP contribution >= 0.6 is 0 Å². The smallest absolute Gasteiger partial charge is 0.227 e. The molecule has 4 aliphatic heterocycles. The maximum Gasteiger partial charge on any atom is 0.227 e. The number of fused-ring (bicyclic) bond motifs is 2. The molecule has 6 atom stereocenters. The van der Waals surface area contributed by atoms with Crippen molar-refractivity contribution >= 4 is 21.8 Å². The Labute approximate surface area is 203 Å². The van der Waals surface area contributed by atoms with Crippen LogP contribution in [0.3, 0.4) is 0 Å². The Morgan fingerprint density at radius 2 is 1.91 bits per heavy atom. The third-order valence-corrected chi connectivity index (χ3v) is 9.81. The Morgan fingerprint density at radius 3 is 2.53 bits per heavy atom. The standard InChI is InChI=1S/C23H39N7O3S/c1-4-34(31,32)30-16-7-5-8-17(30)13-18(12-16)29(3)23-24-19(20-9-6-10-33-20)14-21(26-23)25-22-11-15(2)27-28-22/h14-18,20,22,27-28H,4-13H2,1-3H3,(H,24,25,26)/t15?,16-,17+,18?,20-,22?/m0/s1. The van der Waals surface area contributed by atoms with E-state index in [2.05, 4.69) is 35.0 Å². The Hall–Kier alpha value is -1.53. The van der Waals surface area contributed by atoms with Crippen LogP contribution in [0.4, 0.5) is 11.8 Å². The number of hydrogen-bond donors (Lipinski definition) is 3.